The third-order valence-corrected chi connectivity index (χ3v) is 2.93. The SMILES string of the molecule is CNCc1cc(Cl)ccc1OCc1ccc(F)cc1.Cl. The quantitative estimate of drug-likeness (QED) is 0.893. The third kappa shape index (κ3) is 4.67. The lowest BCUT2D eigenvalue weighted by molar-refractivity contribution is 0.302. The van der Waals surface area contributed by atoms with Gasteiger partial charge in [-0.1, -0.05) is 23.7 Å². The van der Waals surface area contributed by atoms with Crippen molar-refractivity contribution in [3.8, 4) is 5.75 Å². The zero-order chi connectivity index (χ0) is 13.7. The summed E-state index contributed by atoms with van der Waals surface area (Å²) < 4.78 is 18.5. The van der Waals surface area contributed by atoms with E-state index < -0.39 is 0 Å². The Bertz CT molecular complexity index is 546. The lowest BCUT2D eigenvalue weighted by atomic mass is 10.2. The zero-order valence-electron chi connectivity index (χ0n) is 11.0. The number of hydrogen-bond donors (Lipinski definition) is 1. The molecule has 2 nitrogen and oxygen atoms in total. The summed E-state index contributed by atoms with van der Waals surface area (Å²) in [5.41, 5.74) is 1.92. The first-order chi connectivity index (χ1) is 9.19. The molecule has 2 rings (SSSR count). The molecule has 0 aromatic heterocycles. The molecule has 0 aliphatic heterocycles. The second-order valence-electron chi connectivity index (χ2n) is 4.20. The number of hydrogen-bond acceptors (Lipinski definition) is 2. The average molecular weight is 316 g/mol. The Labute approximate surface area is 129 Å². The molecule has 0 aliphatic carbocycles. The van der Waals surface area contributed by atoms with Gasteiger partial charge >= 0.3 is 0 Å². The smallest absolute Gasteiger partial charge is 0.124 e. The Kier molecular flexibility index (Phi) is 6.79. The summed E-state index contributed by atoms with van der Waals surface area (Å²) in [6.45, 7) is 1.08. The van der Waals surface area contributed by atoms with Crippen LogP contribution < -0.4 is 10.1 Å². The molecular formula is C15H16Cl2FNO. The molecule has 0 fully saturated rings. The molecule has 0 atom stereocenters. The second kappa shape index (κ2) is 8.10. The van der Waals surface area contributed by atoms with Crippen LogP contribution in [0.2, 0.25) is 5.02 Å². The molecule has 2 aromatic carbocycles. The minimum atomic E-state index is -0.244. The molecule has 0 radical (unpaired) electrons. The molecular weight excluding hydrogens is 300 g/mol. The van der Waals surface area contributed by atoms with E-state index in [1.165, 1.54) is 12.1 Å². The standard InChI is InChI=1S/C15H15ClFNO.ClH/c1-18-9-12-8-13(16)4-7-15(12)19-10-11-2-5-14(17)6-3-11;/h2-8,18H,9-10H2,1H3;1H. The molecule has 0 heterocycles. The Morgan fingerprint density at radius 3 is 2.50 bits per heavy atom. The van der Waals surface area contributed by atoms with Gasteiger partial charge in [-0.25, -0.2) is 4.39 Å². The van der Waals surface area contributed by atoms with Crippen molar-refractivity contribution in [1.29, 1.82) is 0 Å². The second-order valence-corrected chi connectivity index (χ2v) is 4.63. The summed E-state index contributed by atoms with van der Waals surface area (Å²) >= 11 is 5.96. The largest absolute Gasteiger partial charge is 0.489 e. The van der Waals surface area contributed by atoms with Crippen LogP contribution in [0.5, 0.6) is 5.75 Å². The summed E-state index contributed by atoms with van der Waals surface area (Å²) in [6, 6.07) is 11.8. The minimum Gasteiger partial charge on any atom is -0.489 e. The van der Waals surface area contributed by atoms with E-state index in [0.717, 1.165) is 16.9 Å². The van der Waals surface area contributed by atoms with Crippen molar-refractivity contribution in [3.63, 3.8) is 0 Å². The molecule has 20 heavy (non-hydrogen) atoms. The van der Waals surface area contributed by atoms with Gasteiger partial charge < -0.3 is 10.1 Å². The van der Waals surface area contributed by atoms with Crippen LogP contribution in [0.4, 0.5) is 4.39 Å². The fourth-order valence-electron chi connectivity index (χ4n) is 1.76. The Balaban J connectivity index is 0.00000200. The van der Waals surface area contributed by atoms with Gasteiger partial charge in [0.1, 0.15) is 18.2 Å². The predicted octanol–water partition coefficient (Wildman–Crippen LogP) is 4.20. The highest BCUT2D eigenvalue weighted by molar-refractivity contribution is 6.30. The Hall–Kier alpha value is -1.29. The number of benzene rings is 2. The van der Waals surface area contributed by atoms with E-state index in [2.05, 4.69) is 5.32 Å². The van der Waals surface area contributed by atoms with Crippen molar-refractivity contribution in [2.45, 2.75) is 13.2 Å². The van der Waals surface area contributed by atoms with E-state index in [0.29, 0.717) is 18.2 Å². The summed E-state index contributed by atoms with van der Waals surface area (Å²) in [5, 5.41) is 3.75. The van der Waals surface area contributed by atoms with Crippen molar-refractivity contribution in [2.75, 3.05) is 7.05 Å². The maximum atomic E-state index is 12.8. The van der Waals surface area contributed by atoms with Gasteiger partial charge in [0.05, 0.1) is 0 Å². The predicted molar refractivity (Wildman–Crippen MR) is 82.2 cm³/mol. The lowest BCUT2D eigenvalue weighted by Crippen LogP contribution is -2.07. The fourth-order valence-corrected chi connectivity index (χ4v) is 1.95. The molecule has 0 saturated carbocycles. The van der Waals surface area contributed by atoms with Gasteiger partial charge in [-0.05, 0) is 42.9 Å². The topological polar surface area (TPSA) is 21.3 Å². The van der Waals surface area contributed by atoms with E-state index in [4.69, 9.17) is 16.3 Å². The van der Waals surface area contributed by atoms with Gasteiger partial charge in [-0.15, -0.1) is 12.4 Å². The maximum Gasteiger partial charge on any atom is 0.124 e. The third-order valence-electron chi connectivity index (χ3n) is 2.70. The van der Waals surface area contributed by atoms with Crippen LogP contribution in [0.1, 0.15) is 11.1 Å². The van der Waals surface area contributed by atoms with Crippen molar-refractivity contribution in [3.05, 3.63) is 64.4 Å². The van der Waals surface area contributed by atoms with Crippen molar-refractivity contribution >= 4 is 24.0 Å². The number of nitrogens with one attached hydrogen (secondary N) is 1. The van der Waals surface area contributed by atoms with Crippen LogP contribution in [0.25, 0.3) is 0 Å². The van der Waals surface area contributed by atoms with Crippen LogP contribution in [0.15, 0.2) is 42.5 Å². The highest BCUT2D eigenvalue weighted by Gasteiger charge is 2.04. The van der Waals surface area contributed by atoms with E-state index in [1.54, 1.807) is 18.2 Å². The summed E-state index contributed by atoms with van der Waals surface area (Å²) in [6.07, 6.45) is 0. The van der Waals surface area contributed by atoms with Crippen LogP contribution in [0.3, 0.4) is 0 Å². The van der Waals surface area contributed by atoms with Crippen LogP contribution in [0, 0.1) is 5.82 Å². The van der Waals surface area contributed by atoms with Gasteiger partial charge in [-0.3, -0.25) is 0 Å². The van der Waals surface area contributed by atoms with Crippen LogP contribution >= 0.6 is 24.0 Å². The zero-order valence-corrected chi connectivity index (χ0v) is 12.6. The Morgan fingerprint density at radius 2 is 1.85 bits per heavy atom. The first-order valence-electron chi connectivity index (χ1n) is 5.99. The van der Waals surface area contributed by atoms with Crippen molar-refractivity contribution in [1.82, 2.24) is 5.32 Å². The first kappa shape index (κ1) is 16.8. The molecule has 0 unspecified atom stereocenters. The highest BCUT2D eigenvalue weighted by atomic mass is 35.5. The van der Waals surface area contributed by atoms with E-state index in [-0.39, 0.29) is 18.2 Å². The van der Waals surface area contributed by atoms with E-state index in [9.17, 15) is 4.39 Å². The molecule has 5 heteroatoms. The van der Waals surface area contributed by atoms with Gasteiger partial charge in [0.25, 0.3) is 0 Å². The molecule has 108 valence electrons. The molecule has 1 N–H and O–H groups in total. The van der Waals surface area contributed by atoms with Crippen molar-refractivity contribution in [2.24, 2.45) is 0 Å². The summed E-state index contributed by atoms with van der Waals surface area (Å²) in [5.74, 6) is 0.536. The van der Waals surface area contributed by atoms with Crippen LogP contribution in [-0.2, 0) is 13.2 Å². The fraction of sp³-hybridized carbons (Fsp3) is 0.200. The van der Waals surface area contributed by atoms with Gasteiger partial charge in [0, 0.05) is 17.1 Å². The molecule has 0 saturated heterocycles. The van der Waals surface area contributed by atoms with E-state index in [1.807, 2.05) is 19.2 Å². The molecule has 0 aliphatic rings. The van der Waals surface area contributed by atoms with Gasteiger partial charge in [0.15, 0.2) is 0 Å². The van der Waals surface area contributed by atoms with Crippen molar-refractivity contribution < 1.29 is 9.13 Å². The summed E-state index contributed by atoms with van der Waals surface area (Å²) in [7, 11) is 1.87. The lowest BCUT2D eigenvalue weighted by Gasteiger charge is -2.12. The molecule has 0 bridgehead atoms. The molecule has 0 amide bonds. The van der Waals surface area contributed by atoms with Gasteiger partial charge in [-0.2, -0.15) is 0 Å². The Morgan fingerprint density at radius 1 is 1.15 bits per heavy atom. The average Bonchev–Trinajstić information content (AvgIpc) is 2.40. The normalized spacial score (nSPS) is 9.95. The molecule has 2 aromatic rings. The molecule has 0 spiro atoms. The first-order valence-corrected chi connectivity index (χ1v) is 6.37. The number of halogens is 3. The minimum absolute atomic E-state index is 0. The van der Waals surface area contributed by atoms with E-state index >= 15 is 0 Å². The van der Waals surface area contributed by atoms with Gasteiger partial charge in [0.2, 0.25) is 0 Å². The summed E-state index contributed by atoms with van der Waals surface area (Å²) in [4.78, 5) is 0. The van der Waals surface area contributed by atoms with Crippen LogP contribution in [-0.4, -0.2) is 7.05 Å². The number of rotatable bonds is 5. The monoisotopic (exact) mass is 315 g/mol. The highest BCUT2D eigenvalue weighted by Crippen LogP contribution is 2.23. The maximum absolute atomic E-state index is 12.8. The number of ether oxygens (including phenoxy) is 1.